The molecule has 1 aliphatic carbocycles. The van der Waals surface area contributed by atoms with Crippen LogP contribution in [-0.4, -0.2) is 29.0 Å². The lowest BCUT2D eigenvalue weighted by atomic mass is 10.0. The molecular formula is C24H16F2N4O4. The highest BCUT2D eigenvalue weighted by Crippen LogP contribution is 2.42. The number of alkyl halides is 2. The van der Waals surface area contributed by atoms with Crippen molar-refractivity contribution >= 4 is 17.7 Å². The van der Waals surface area contributed by atoms with Crippen LogP contribution in [0.5, 0.6) is 11.5 Å². The number of carbonyl (C=O) groups is 1. The van der Waals surface area contributed by atoms with Gasteiger partial charge in [0, 0.05) is 35.5 Å². The molecule has 1 amide bonds. The first-order valence-electron chi connectivity index (χ1n) is 10.2. The predicted octanol–water partition coefficient (Wildman–Crippen LogP) is 3.34. The van der Waals surface area contributed by atoms with Gasteiger partial charge in [-0.05, 0) is 30.7 Å². The second kappa shape index (κ2) is 7.81. The smallest absolute Gasteiger partial charge is 0.395 e. The molecule has 0 radical (unpaired) electrons. The van der Waals surface area contributed by atoms with E-state index < -0.39 is 17.8 Å². The van der Waals surface area contributed by atoms with Crippen LogP contribution in [0.2, 0.25) is 0 Å². The minimum absolute atomic E-state index is 0.136. The van der Waals surface area contributed by atoms with Crippen molar-refractivity contribution in [2.75, 3.05) is 11.9 Å². The molecule has 0 saturated heterocycles. The number of likely N-dealkylation sites (N-methyl/N-ethyl adjacent to an activating group) is 1. The lowest BCUT2D eigenvalue weighted by Crippen LogP contribution is -2.36. The molecule has 0 spiro atoms. The van der Waals surface area contributed by atoms with Crippen LogP contribution in [0.25, 0.3) is 17.3 Å². The van der Waals surface area contributed by atoms with Crippen LogP contribution in [0.15, 0.2) is 53.3 Å². The molecule has 5 rings (SSSR count). The molecule has 0 bridgehead atoms. The Bertz CT molecular complexity index is 1470. The van der Waals surface area contributed by atoms with Crippen molar-refractivity contribution in [2.45, 2.75) is 19.3 Å². The Kier molecular flexibility index (Phi) is 4.90. The number of hydrogen-bond acceptors (Lipinski definition) is 6. The Morgan fingerprint density at radius 2 is 2.03 bits per heavy atom. The Morgan fingerprint density at radius 1 is 1.24 bits per heavy atom. The predicted molar refractivity (Wildman–Crippen MR) is 117 cm³/mol. The molecule has 2 aliphatic rings. The van der Waals surface area contributed by atoms with E-state index in [1.54, 1.807) is 30.3 Å². The summed E-state index contributed by atoms with van der Waals surface area (Å²) in [4.78, 5) is 27.2. The van der Waals surface area contributed by atoms with E-state index in [-0.39, 0.29) is 23.7 Å². The van der Waals surface area contributed by atoms with Gasteiger partial charge in [0.2, 0.25) is 5.91 Å². The van der Waals surface area contributed by atoms with E-state index in [0.29, 0.717) is 34.4 Å². The summed E-state index contributed by atoms with van der Waals surface area (Å²) in [6, 6.07) is 12.9. The van der Waals surface area contributed by atoms with Crippen LogP contribution in [0.1, 0.15) is 16.7 Å². The van der Waals surface area contributed by atoms with E-state index in [1.165, 1.54) is 30.1 Å². The van der Waals surface area contributed by atoms with Gasteiger partial charge in [-0.2, -0.15) is 10.4 Å². The van der Waals surface area contributed by atoms with E-state index in [1.807, 2.05) is 6.08 Å². The minimum Gasteiger partial charge on any atom is -0.395 e. The van der Waals surface area contributed by atoms with Gasteiger partial charge in [-0.1, -0.05) is 24.3 Å². The first kappa shape index (κ1) is 21.3. The Hall–Kier alpha value is -4.52. The number of amides is 1. The van der Waals surface area contributed by atoms with E-state index in [0.717, 1.165) is 4.68 Å². The van der Waals surface area contributed by atoms with Crippen molar-refractivity contribution in [1.29, 1.82) is 5.26 Å². The third-order valence-electron chi connectivity index (χ3n) is 5.60. The molecule has 2 aromatic carbocycles. The van der Waals surface area contributed by atoms with Gasteiger partial charge >= 0.3 is 6.29 Å². The maximum absolute atomic E-state index is 13.3. The van der Waals surface area contributed by atoms with E-state index >= 15 is 0 Å². The molecule has 1 aromatic heterocycles. The van der Waals surface area contributed by atoms with Crippen molar-refractivity contribution in [3.8, 4) is 28.8 Å². The summed E-state index contributed by atoms with van der Waals surface area (Å²) in [6.07, 6.45) is 0.283. The molecule has 8 nitrogen and oxygen atoms in total. The van der Waals surface area contributed by atoms with Gasteiger partial charge in [0.05, 0.1) is 17.3 Å². The maximum atomic E-state index is 13.3. The number of halogens is 2. The fourth-order valence-electron chi connectivity index (χ4n) is 3.89. The number of benzene rings is 2. The third-order valence-corrected chi connectivity index (χ3v) is 5.60. The SMILES string of the molecule is CN(C(=O)Cn1nc(-c2cccc(C#N)c2)c2c(c1=O)CC=C2)c1ccc2c(c1)OC(F)(F)O2. The number of nitrogens with zero attached hydrogens (tertiary/aromatic N) is 4. The molecular weight excluding hydrogens is 446 g/mol. The van der Waals surface area contributed by atoms with Crippen molar-refractivity contribution < 1.29 is 23.0 Å². The largest absolute Gasteiger partial charge is 0.586 e. The molecule has 0 fully saturated rings. The maximum Gasteiger partial charge on any atom is 0.586 e. The number of fused-ring (bicyclic) bond motifs is 2. The van der Waals surface area contributed by atoms with Crippen molar-refractivity contribution in [3.63, 3.8) is 0 Å². The molecule has 10 heteroatoms. The second-order valence-electron chi connectivity index (χ2n) is 7.75. The summed E-state index contributed by atoms with van der Waals surface area (Å²) in [5.41, 5.74) is 2.63. The number of nitriles is 1. The molecule has 0 unspecified atom stereocenters. The molecule has 2 heterocycles. The molecule has 0 atom stereocenters. The lowest BCUT2D eigenvalue weighted by Gasteiger charge is -2.19. The van der Waals surface area contributed by atoms with E-state index in [9.17, 15) is 23.6 Å². The van der Waals surface area contributed by atoms with Crippen LogP contribution < -0.4 is 19.9 Å². The Morgan fingerprint density at radius 3 is 2.82 bits per heavy atom. The lowest BCUT2D eigenvalue weighted by molar-refractivity contribution is -0.286. The van der Waals surface area contributed by atoms with Crippen LogP contribution in [0, 0.1) is 11.3 Å². The van der Waals surface area contributed by atoms with Gasteiger partial charge in [-0.25, -0.2) is 4.68 Å². The van der Waals surface area contributed by atoms with Gasteiger partial charge in [-0.3, -0.25) is 9.59 Å². The number of carbonyl (C=O) groups excluding carboxylic acids is 1. The average Bonchev–Trinajstić information content (AvgIpc) is 3.43. The molecule has 0 N–H and O–H groups in total. The number of hydrogen-bond donors (Lipinski definition) is 0. The van der Waals surface area contributed by atoms with Crippen molar-refractivity contribution in [2.24, 2.45) is 0 Å². The summed E-state index contributed by atoms with van der Waals surface area (Å²) < 4.78 is 36.5. The van der Waals surface area contributed by atoms with Crippen molar-refractivity contribution in [1.82, 2.24) is 9.78 Å². The standard InChI is InChI=1S/C24H16F2N4O4/c1-29(16-8-9-19-20(11-16)34-24(25,26)33-19)21(31)13-30-23(32)18-7-3-6-17(18)22(28-30)15-5-2-4-14(10-15)12-27/h2-6,8-11H,7,13H2,1H3. The van der Waals surface area contributed by atoms with Gasteiger partial charge < -0.3 is 14.4 Å². The summed E-state index contributed by atoms with van der Waals surface area (Å²) in [6.45, 7) is -0.377. The number of aromatic nitrogens is 2. The first-order chi connectivity index (χ1) is 16.3. The van der Waals surface area contributed by atoms with Gasteiger partial charge in [0.25, 0.3) is 5.56 Å². The molecule has 1 aliphatic heterocycles. The normalized spacial score (nSPS) is 14.5. The summed E-state index contributed by atoms with van der Waals surface area (Å²) in [5, 5.41) is 13.7. The molecule has 170 valence electrons. The topological polar surface area (TPSA) is 97.5 Å². The zero-order chi connectivity index (χ0) is 24.0. The fraction of sp³-hybridized carbons (Fsp3) is 0.167. The highest BCUT2D eigenvalue weighted by atomic mass is 19.3. The first-order valence-corrected chi connectivity index (χ1v) is 10.2. The van der Waals surface area contributed by atoms with Crippen LogP contribution in [-0.2, 0) is 17.8 Å². The zero-order valence-corrected chi connectivity index (χ0v) is 17.8. The van der Waals surface area contributed by atoms with E-state index in [4.69, 9.17) is 0 Å². The molecule has 34 heavy (non-hydrogen) atoms. The van der Waals surface area contributed by atoms with Crippen LogP contribution in [0.3, 0.4) is 0 Å². The van der Waals surface area contributed by atoms with Crippen LogP contribution >= 0.6 is 0 Å². The summed E-state index contributed by atoms with van der Waals surface area (Å²) in [5.74, 6) is -0.827. The quantitative estimate of drug-likeness (QED) is 0.590. The van der Waals surface area contributed by atoms with Crippen LogP contribution in [0.4, 0.5) is 14.5 Å². The Balaban J connectivity index is 1.47. The summed E-state index contributed by atoms with van der Waals surface area (Å²) in [7, 11) is 1.45. The minimum atomic E-state index is -3.77. The van der Waals surface area contributed by atoms with Gasteiger partial charge in [0.1, 0.15) is 6.54 Å². The Labute approximate surface area is 191 Å². The van der Waals surface area contributed by atoms with Gasteiger partial charge in [-0.15, -0.1) is 8.78 Å². The highest BCUT2D eigenvalue weighted by Gasteiger charge is 2.43. The van der Waals surface area contributed by atoms with Gasteiger partial charge in [0.15, 0.2) is 11.5 Å². The van der Waals surface area contributed by atoms with E-state index in [2.05, 4.69) is 20.6 Å². The number of ether oxygens (including phenoxy) is 2. The monoisotopic (exact) mass is 462 g/mol. The highest BCUT2D eigenvalue weighted by molar-refractivity contribution is 5.93. The average molecular weight is 462 g/mol. The second-order valence-corrected chi connectivity index (χ2v) is 7.75. The third kappa shape index (κ3) is 3.67. The number of anilines is 1. The zero-order valence-electron chi connectivity index (χ0n) is 17.8. The fourth-order valence-corrected chi connectivity index (χ4v) is 3.89. The number of rotatable bonds is 4. The summed E-state index contributed by atoms with van der Waals surface area (Å²) >= 11 is 0. The van der Waals surface area contributed by atoms with Crippen molar-refractivity contribution in [3.05, 3.63) is 75.6 Å². The molecule has 3 aromatic rings. The molecule has 0 saturated carbocycles. The number of allylic oxidation sites excluding steroid dienone is 1.